The van der Waals surface area contributed by atoms with Crippen molar-refractivity contribution in [2.75, 3.05) is 40.1 Å². The molecule has 0 N–H and O–H groups in total. The number of ether oxygens (including phenoxy) is 4. The van der Waals surface area contributed by atoms with Crippen molar-refractivity contribution in [2.45, 2.75) is 65.1 Å². The number of rotatable bonds is 7. The first-order chi connectivity index (χ1) is 19.1. The van der Waals surface area contributed by atoms with Crippen LogP contribution in [0.5, 0.6) is 11.6 Å². The van der Waals surface area contributed by atoms with E-state index in [1.54, 1.807) is 23.0 Å². The molecule has 1 aromatic carbocycles. The SMILES string of the molecule is CCN(CC)C(=O)c1ccc(C2=CC3(CCCN(C(=O)OC(C)(C)C)CC3)Oc3ccccc32)c(OCOC)n1. The van der Waals surface area contributed by atoms with Crippen LogP contribution in [0.15, 0.2) is 42.5 Å². The summed E-state index contributed by atoms with van der Waals surface area (Å²) in [7, 11) is 1.55. The van der Waals surface area contributed by atoms with Gasteiger partial charge in [0.15, 0.2) is 6.79 Å². The molecule has 0 aliphatic carbocycles. The molecule has 9 nitrogen and oxygen atoms in total. The van der Waals surface area contributed by atoms with Gasteiger partial charge < -0.3 is 28.7 Å². The van der Waals surface area contributed by atoms with Crippen LogP contribution in [0, 0.1) is 0 Å². The molecule has 9 heteroatoms. The van der Waals surface area contributed by atoms with Gasteiger partial charge in [0.05, 0.1) is 0 Å². The number of fused-ring (bicyclic) bond motifs is 1. The molecule has 2 aliphatic rings. The van der Waals surface area contributed by atoms with Crippen LogP contribution < -0.4 is 9.47 Å². The molecule has 2 aliphatic heterocycles. The van der Waals surface area contributed by atoms with Crippen molar-refractivity contribution >= 4 is 17.6 Å². The first-order valence-corrected chi connectivity index (χ1v) is 14.0. The van der Waals surface area contributed by atoms with E-state index < -0.39 is 11.2 Å². The monoisotopic (exact) mass is 551 g/mol. The number of hydrogen-bond donors (Lipinski definition) is 0. The average molecular weight is 552 g/mol. The van der Waals surface area contributed by atoms with Crippen molar-refractivity contribution < 1.29 is 28.5 Å². The van der Waals surface area contributed by atoms with Gasteiger partial charge in [0.2, 0.25) is 5.88 Å². The molecule has 1 saturated heterocycles. The second kappa shape index (κ2) is 12.3. The van der Waals surface area contributed by atoms with Crippen molar-refractivity contribution in [3.8, 4) is 11.6 Å². The maximum atomic E-state index is 13.1. The third kappa shape index (κ3) is 6.58. The van der Waals surface area contributed by atoms with Crippen LogP contribution in [0.25, 0.3) is 5.57 Å². The Morgan fingerprint density at radius 3 is 2.50 bits per heavy atom. The Labute approximate surface area is 237 Å². The summed E-state index contributed by atoms with van der Waals surface area (Å²) >= 11 is 0. The van der Waals surface area contributed by atoms with Gasteiger partial charge in [-0.3, -0.25) is 4.79 Å². The lowest BCUT2D eigenvalue weighted by Gasteiger charge is -2.37. The molecule has 216 valence electrons. The van der Waals surface area contributed by atoms with E-state index in [4.69, 9.17) is 18.9 Å². The molecule has 0 saturated carbocycles. The zero-order chi connectivity index (χ0) is 28.9. The van der Waals surface area contributed by atoms with Gasteiger partial charge in [-0.1, -0.05) is 18.2 Å². The van der Waals surface area contributed by atoms with Crippen molar-refractivity contribution in [3.05, 3.63) is 59.3 Å². The molecule has 1 aromatic heterocycles. The van der Waals surface area contributed by atoms with E-state index in [0.717, 1.165) is 35.3 Å². The van der Waals surface area contributed by atoms with Gasteiger partial charge in [-0.15, -0.1) is 0 Å². The number of carbonyl (C=O) groups is 2. The fourth-order valence-electron chi connectivity index (χ4n) is 5.14. The normalized spacial score (nSPS) is 18.8. The molecule has 4 rings (SSSR count). The number of carbonyl (C=O) groups excluding carboxylic acids is 2. The average Bonchev–Trinajstić information content (AvgIpc) is 3.13. The van der Waals surface area contributed by atoms with E-state index in [-0.39, 0.29) is 18.8 Å². The summed E-state index contributed by atoms with van der Waals surface area (Å²) < 4.78 is 23.4. The largest absolute Gasteiger partial charge is 0.482 e. The summed E-state index contributed by atoms with van der Waals surface area (Å²) in [6.07, 6.45) is 3.91. The molecule has 0 bridgehead atoms. The van der Waals surface area contributed by atoms with Crippen LogP contribution in [0.3, 0.4) is 0 Å². The second-order valence-corrected chi connectivity index (χ2v) is 11.1. The van der Waals surface area contributed by atoms with Crippen molar-refractivity contribution in [1.82, 2.24) is 14.8 Å². The minimum Gasteiger partial charge on any atom is -0.482 e. The standard InChI is InChI=1S/C31H41N3O6/c1-7-33(8-2)28(35)25-15-14-23(27(32-25)38-21-37-6)24-20-31(39-26-13-10-9-12-22(24)26)16-11-18-34(19-17-31)29(36)40-30(3,4)5/h9-10,12-15,20H,7-8,11,16-19,21H2,1-6H3. The number of nitrogens with zero attached hydrogens (tertiary/aromatic N) is 3. The number of likely N-dealkylation sites (tertiary alicyclic amines) is 1. The molecule has 3 heterocycles. The van der Waals surface area contributed by atoms with Crippen LogP contribution in [0.1, 0.15) is 75.5 Å². The quantitative estimate of drug-likeness (QED) is 0.418. The summed E-state index contributed by atoms with van der Waals surface area (Å²) in [5.41, 5.74) is 1.70. The van der Waals surface area contributed by atoms with E-state index >= 15 is 0 Å². The van der Waals surface area contributed by atoms with Gasteiger partial charge in [-0.05, 0) is 77.3 Å². The third-order valence-corrected chi connectivity index (χ3v) is 7.12. The highest BCUT2D eigenvalue weighted by Crippen LogP contribution is 2.45. The minimum absolute atomic E-state index is 0.00959. The highest BCUT2D eigenvalue weighted by molar-refractivity contribution is 5.94. The molecule has 1 spiro atoms. The first-order valence-electron chi connectivity index (χ1n) is 14.0. The van der Waals surface area contributed by atoms with E-state index in [0.29, 0.717) is 44.2 Å². The molecule has 1 atom stereocenters. The molecule has 0 radical (unpaired) electrons. The molecule has 1 fully saturated rings. The fourth-order valence-corrected chi connectivity index (χ4v) is 5.14. The van der Waals surface area contributed by atoms with E-state index in [1.165, 1.54) is 0 Å². The Morgan fingerprint density at radius 1 is 1.05 bits per heavy atom. The van der Waals surface area contributed by atoms with Crippen molar-refractivity contribution in [2.24, 2.45) is 0 Å². The van der Waals surface area contributed by atoms with Crippen LogP contribution in [-0.2, 0) is 9.47 Å². The van der Waals surface area contributed by atoms with Gasteiger partial charge in [-0.25, -0.2) is 9.78 Å². The van der Waals surface area contributed by atoms with E-state index in [1.807, 2.05) is 65.0 Å². The van der Waals surface area contributed by atoms with E-state index in [2.05, 4.69) is 11.1 Å². The Balaban J connectivity index is 1.73. The predicted molar refractivity (Wildman–Crippen MR) is 153 cm³/mol. The molecular weight excluding hydrogens is 510 g/mol. The lowest BCUT2D eigenvalue weighted by molar-refractivity contribution is 0.0243. The number of para-hydroxylation sites is 1. The zero-order valence-corrected chi connectivity index (χ0v) is 24.5. The topological polar surface area (TPSA) is 90.4 Å². The van der Waals surface area contributed by atoms with Crippen LogP contribution >= 0.6 is 0 Å². The Kier molecular flexibility index (Phi) is 9.03. The van der Waals surface area contributed by atoms with Gasteiger partial charge in [-0.2, -0.15) is 0 Å². The Morgan fingerprint density at radius 2 is 1.80 bits per heavy atom. The van der Waals surface area contributed by atoms with E-state index in [9.17, 15) is 9.59 Å². The number of benzene rings is 1. The number of aromatic nitrogens is 1. The van der Waals surface area contributed by atoms with Gasteiger partial charge >= 0.3 is 6.09 Å². The van der Waals surface area contributed by atoms with Crippen LogP contribution in [0.4, 0.5) is 4.79 Å². The van der Waals surface area contributed by atoms with Crippen LogP contribution in [0.2, 0.25) is 0 Å². The predicted octanol–water partition coefficient (Wildman–Crippen LogP) is 5.53. The summed E-state index contributed by atoms with van der Waals surface area (Å²) in [6, 6.07) is 11.5. The number of amides is 2. The maximum Gasteiger partial charge on any atom is 0.410 e. The molecule has 2 aromatic rings. The van der Waals surface area contributed by atoms with Gasteiger partial charge in [0, 0.05) is 50.8 Å². The number of methoxy groups -OCH3 is 1. The minimum atomic E-state index is -0.630. The second-order valence-electron chi connectivity index (χ2n) is 11.1. The van der Waals surface area contributed by atoms with Gasteiger partial charge in [0.25, 0.3) is 5.91 Å². The summed E-state index contributed by atoms with van der Waals surface area (Å²) in [5.74, 6) is 0.927. The van der Waals surface area contributed by atoms with Crippen molar-refractivity contribution in [1.29, 1.82) is 0 Å². The Hall–Kier alpha value is -3.59. The zero-order valence-electron chi connectivity index (χ0n) is 24.5. The smallest absolute Gasteiger partial charge is 0.410 e. The van der Waals surface area contributed by atoms with Crippen LogP contribution in [-0.4, -0.2) is 78.1 Å². The number of hydrogen-bond acceptors (Lipinski definition) is 7. The fraction of sp³-hybridized carbons (Fsp3) is 0.516. The lowest BCUT2D eigenvalue weighted by Crippen LogP contribution is -2.40. The summed E-state index contributed by atoms with van der Waals surface area (Å²) in [6.45, 7) is 11.8. The first kappa shape index (κ1) is 29.4. The highest BCUT2D eigenvalue weighted by atomic mass is 16.7. The number of pyridine rings is 1. The Bertz CT molecular complexity index is 1250. The van der Waals surface area contributed by atoms with Gasteiger partial charge in [0.1, 0.15) is 22.6 Å². The lowest BCUT2D eigenvalue weighted by atomic mass is 9.84. The molecule has 40 heavy (non-hydrogen) atoms. The molecular formula is C31H41N3O6. The summed E-state index contributed by atoms with van der Waals surface area (Å²) in [5, 5.41) is 0. The van der Waals surface area contributed by atoms with Crippen molar-refractivity contribution in [3.63, 3.8) is 0 Å². The third-order valence-electron chi connectivity index (χ3n) is 7.12. The summed E-state index contributed by atoms with van der Waals surface area (Å²) in [4.78, 5) is 34.0. The molecule has 2 amide bonds. The highest BCUT2D eigenvalue weighted by Gasteiger charge is 2.39. The molecule has 1 unspecified atom stereocenters. The maximum absolute atomic E-state index is 13.1.